The molecule has 0 radical (unpaired) electrons. The Labute approximate surface area is 91.5 Å². The van der Waals surface area contributed by atoms with Gasteiger partial charge in [-0.25, -0.2) is 0 Å². The lowest BCUT2D eigenvalue weighted by Gasteiger charge is -2.09. The highest BCUT2D eigenvalue weighted by atomic mass is 16.5. The summed E-state index contributed by atoms with van der Waals surface area (Å²) in [5, 5.41) is 2.79. The fraction of sp³-hybridized carbons (Fsp3) is 0.909. The Kier molecular flexibility index (Phi) is 5.65. The normalized spacial score (nSPS) is 17.5. The molecule has 0 saturated heterocycles. The fourth-order valence-electron chi connectivity index (χ4n) is 1.24. The van der Waals surface area contributed by atoms with Crippen LogP contribution in [0.15, 0.2) is 0 Å². The van der Waals surface area contributed by atoms with Gasteiger partial charge < -0.3 is 15.8 Å². The molecule has 0 aromatic heterocycles. The molecular weight excluding hydrogens is 192 g/mol. The average molecular weight is 214 g/mol. The van der Waals surface area contributed by atoms with Gasteiger partial charge in [-0.05, 0) is 31.6 Å². The van der Waals surface area contributed by atoms with Gasteiger partial charge in [0.1, 0.15) is 0 Å². The molecule has 0 aromatic rings. The van der Waals surface area contributed by atoms with Crippen LogP contribution in [0.4, 0.5) is 0 Å². The monoisotopic (exact) mass is 214 g/mol. The molecule has 4 nitrogen and oxygen atoms in total. The van der Waals surface area contributed by atoms with E-state index in [0.717, 1.165) is 25.6 Å². The topological polar surface area (TPSA) is 64.4 Å². The van der Waals surface area contributed by atoms with Crippen LogP contribution in [-0.4, -0.2) is 31.7 Å². The third-order valence-corrected chi connectivity index (χ3v) is 2.59. The summed E-state index contributed by atoms with van der Waals surface area (Å²) in [6.07, 6.45) is 4.20. The molecule has 4 heteroatoms. The molecule has 1 rings (SSSR count). The first-order valence-corrected chi connectivity index (χ1v) is 5.85. The van der Waals surface area contributed by atoms with Gasteiger partial charge in [0.25, 0.3) is 0 Å². The van der Waals surface area contributed by atoms with Crippen molar-refractivity contribution < 1.29 is 9.53 Å². The summed E-state index contributed by atoms with van der Waals surface area (Å²) in [5.41, 5.74) is 5.56. The Bertz CT molecular complexity index is 193. The zero-order valence-corrected chi connectivity index (χ0v) is 9.50. The highest BCUT2D eigenvalue weighted by molar-refractivity contribution is 5.81. The fourth-order valence-corrected chi connectivity index (χ4v) is 1.24. The number of hydrogen-bond donors (Lipinski definition) is 2. The minimum absolute atomic E-state index is 0.0558. The van der Waals surface area contributed by atoms with E-state index in [1.807, 2.05) is 6.92 Å². The van der Waals surface area contributed by atoms with Gasteiger partial charge in [-0.3, -0.25) is 4.79 Å². The van der Waals surface area contributed by atoms with Crippen LogP contribution in [-0.2, 0) is 9.53 Å². The predicted molar refractivity (Wildman–Crippen MR) is 59.4 cm³/mol. The van der Waals surface area contributed by atoms with Crippen molar-refractivity contribution in [3.63, 3.8) is 0 Å². The van der Waals surface area contributed by atoms with Gasteiger partial charge in [-0.15, -0.1) is 0 Å². The van der Waals surface area contributed by atoms with Gasteiger partial charge in [-0.2, -0.15) is 0 Å². The lowest BCUT2D eigenvalue weighted by atomic mass is 10.2. The van der Waals surface area contributed by atoms with Gasteiger partial charge in [0.05, 0.1) is 6.04 Å². The SMILES string of the molecule is CCC(N)C(=O)NCCCOCC1CC1. The predicted octanol–water partition coefficient (Wildman–Crippen LogP) is 0.657. The summed E-state index contributed by atoms with van der Waals surface area (Å²) in [5.74, 6) is 0.757. The van der Waals surface area contributed by atoms with E-state index in [1.54, 1.807) is 0 Å². The molecule has 88 valence electrons. The zero-order valence-electron chi connectivity index (χ0n) is 9.50. The van der Waals surface area contributed by atoms with Gasteiger partial charge in [0, 0.05) is 19.8 Å². The van der Waals surface area contributed by atoms with Crippen LogP contribution in [0, 0.1) is 5.92 Å². The maximum Gasteiger partial charge on any atom is 0.236 e. The first-order chi connectivity index (χ1) is 7.24. The van der Waals surface area contributed by atoms with Crippen LogP contribution in [0.25, 0.3) is 0 Å². The molecule has 3 N–H and O–H groups in total. The smallest absolute Gasteiger partial charge is 0.236 e. The lowest BCUT2D eigenvalue weighted by Crippen LogP contribution is -2.40. The summed E-state index contributed by atoms with van der Waals surface area (Å²) in [6, 6.07) is -0.364. The Morgan fingerprint density at radius 2 is 2.33 bits per heavy atom. The van der Waals surface area contributed by atoms with Crippen molar-refractivity contribution in [3.05, 3.63) is 0 Å². The second-order valence-electron chi connectivity index (χ2n) is 4.18. The van der Waals surface area contributed by atoms with E-state index >= 15 is 0 Å². The second-order valence-corrected chi connectivity index (χ2v) is 4.18. The van der Waals surface area contributed by atoms with E-state index in [2.05, 4.69) is 5.32 Å². The number of nitrogens with two attached hydrogens (primary N) is 1. The molecule has 0 heterocycles. The Hall–Kier alpha value is -0.610. The Balaban J connectivity index is 1.84. The van der Waals surface area contributed by atoms with Gasteiger partial charge in [0.2, 0.25) is 5.91 Å². The first kappa shape index (κ1) is 12.5. The van der Waals surface area contributed by atoms with Crippen molar-refractivity contribution in [2.75, 3.05) is 19.8 Å². The van der Waals surface area contributed by atoms with Crippen molar-refractivity contribution in [2.24, 2.45) is 11.7 Å². The number of amides is 1. The van der Waals surface area contributed by atoms with E-state index in [1.165, 1.54) is 12.8 Å². The van der Waals surface area contributed by atoms with Crippen LogP contribution >= 0.6 is 0 Å². The molecule has 1 saturated carbocycles. The molecule has 0 bridgehead atoms. The molecule has 0 aliphatic heterocycles. The summed E-state index contributed by atoms with van der Waals surface area (Å²) >= 11 is 0. The van der Waals surface area contributed by atoms with E-state index in [-0.39, 0.29) is 11.9 Å². The minimum atomic E-state index is -0.364. The number of nitrogens with one attached hydrogen (secondary N) is 1. The summed E-state index contributed by atoms with van der Waals surface area (Å²) in [4.78, 5) is 11.2. The van der Waals surface area contributed by atoms with Crippen molar-refractivity contribution in [1.82, 2.24) is 5.32 Å². The lowest BCUT2D eigenvalue weighted by molar-refractivity contribution is -0.122. The number of rotatable bonds is 8. The molecule has 1 aliphatic carbocycles. The molecule has 1 unspecified atom stereocenters. The van der Waals surface area contributed by atoms with E-state index < -0.39 is 0 Å². The molecular formula is C11H22N2O2. The van der Waals surface area contributed by atoms with Crippen LogP contribution < -0.4 is 11.1 Å². The van der Waals surface area contributed by atoms with Gasteiger partial charge in [-0.1, -0.05) is 6.92 Å². The zero-order chi connectivity index (χ0) is 11.1. The van der Waals surface area contributed by atoms with Crippen LogP contribution in [0.1, 0.15) is 32.6 Å². The summed E-state index contributed by atoms with van der Waals surface area (Å²) in [6.45, 7) is 4.20. The van der Waals surface area contributed by atoms with Crippen molar-refractivity contribution in [2.45, 2.75) is 38.6 Å². The molecule has 0 aromatic carbocycles. The molecule has 1 aliphatic rings. The van der Waals surface area contributed by atoms with Crippen molar-refractivity contribution >= 4 is 5.91 Å². The molecule has 1 atom stereocenters. The molecule has 0 spiro atoms. The van der Waals surface area contributed by atoms with Crippen LogP contribution in [0.3, 0.4) is 0 Å². The second kappa shape index (κ2) is 6.80. The Morgan fingerprint density at radius 3 is 2.93 bits per heavy atom. The third kappa shape index (κ3) is 5.74. The Morgan fingerprint density at radius 1 is 1.60 bits per heavy atom. The quantitative estimate of drug-likeness (QED) is 0.583. The third-order valence-electron chi connectivity index (χ3n) is 2.59. The van der Waals surface area contributed by atoms with E-state index in [0.29, 0.717) is 13.0 Å². The minimum Gasteiger partial charge on any atom is -0.381 e. The number of carbonyl (C=O) groups excluding carboxylic acids is 1. The van der Waals surface area contributed by atoms with Gasteiger partial charge >= 0.3 is 0 Å². The van der Waals surface area contributed by atoms with Crippen molar-refractivity contribution in [1.29, 1.82) is 0 Å². The molecule has 15 heavy (non-hydrogen) atoms. The highest BCUT2D eigenvalue weighted by Gasteiger charge is 2.20. The maximum absolute atomic E-state index is 11.2. The summed E-state index contributed by atoms with van der Waals surface area (Å²) in [7, 11) is 0. The van der Waals surface area contributed by atoms with E-state index in [4.69, 9.17) is 10.5 Å². The molecule has 1 amide bonds. The average Bonchev–Trinajstić information content (AvgIpc) is 3.05. The number of ether oxygens (including phenoxy) is 1. The highest BCUT2D eigenvalue weighted by Crippen LogP contribution is 2.28. The van der Waals surface area contributed by atoms with Crippen LogP contribution in [0.5, 0.6) is 0 Å². The van der Waals surface area contributed by atoms with Crippen LogP contribution in [0.2, 0.25) is 0 Å². The largest absolute Gasteiger partial charge is 0.381 e. The first-order valence-electron chi connectivity index (χ1n) is 5.85. The number of hydrogen-bond acceptors (Lipinski definition) is 3. The van der Waals surface area contributed by atoms with E-state index in [9.17, 15) is 4.79 Å². The standard InChI is InChI=1S/C11H22N2O2/c1-2-10(12)11(14)13-6-3-7-15-8-9-4-5-9/h9-10H,2-8,12H2,1H3,(H,13,14). The molecule has 1 fully saturated rings. The number of carbonyl (C=O) groups is 1. The maximum atomic E-state index is 11.2. The van der Waals surface area contributed by atoms with Gasteiger partial charge in [0.15, 0.2) is 0 Å². The van der Waals surface area contributed by atoms with Crippen molar-refractivity contribution in [3.8, 4) is 0 Å². The summed E-state index contributed by atoms with van der Waals surface area (Å²) < 4.78 is 5.44.